The number of hydrogen-bond donors (Lipinski definition) is 0. The Morgan fingerprint density at radius 1 is 1.05 bits per heavy atom. The number of carbonyl (C=O) groups is 4. The van der Waals surface area contributed by atoms with Crippen molar-refractivity contribution >= 4 is 55.5 Å². The van der Waals surface area contributed by atoms with Crippen molar-refractivity contribution in [2.45, 2.75) is 127 Å². The fourth-order valence-electron chi connectivity index (χ4n) is 9.30. The number of sulfone groups is 1. The number of ketones is 2. The van der Waals surface area contributed by atoms with E-state index in [2.05, 4.69) is 13.8 Å². The van der Waals surface area contributed by atoms with Gasteiger partial charge in [-0.1, -0.05) is 51.0 Å². The second kappa shape index (κ2) is 17.0. The number of amides is 2. The van der Waals surface area contributed by atoms with Gasteiger partial charge in [-0.15, -0.1) is 11.3 Å². The van der Waals surface area contributed by atoms with E-state index in [4.69, 9.17) is 14.7 Å². The molecule has 1 aromatic carbocycles. The third-order valence-electron chi connectivity index (χ3n) is 13.1. The molecule has 0 radical (unpaired) electrons. The van der Waals surface area contributed by atoms with Gasteiger partial charge in [0.25, 0.3) is 5.92 Å². The van der Waals surface area contributed by atoms with Crippen LogP contribution in [0.2, 0.25) is 0 Å². The van der Waals surface area contributed by atoms with E-state index in [-0.39, 0.29) is 62.8 Å². The molecule has 0 bridgehead atoms. The van der Waals surface area contributed by atoms with Crippen LogP contribution in [-0.4, -0.2) is 100 Å². The van der Waals surface area contributed by atoms with Crippen LogP contribution in [0.3, 0.4) is 0 Å². The Labute approximate surface area is 354 Å². The minimum absolute atomic E-state index is 0.0167. The van der Waals surface area contributed by atoms with E-state index in [0.717, 1.165) is 33.8 Å². The van der Waals surface area contributed by atoms with Gasteiger partial charge in [-0.05, 0) is 68.9 Å². The van der Waals surface area contributed by atoms with Gasteiger partial charge in [0.2, 0.25) is 11.8 Å². The summed E-state index contributed by atoms with van der Waals surface area (Å²) in [7, 11) is -3.64. The van der Waals surface area contributed by atoms with Crippen molar-refractivity contribution in [3.63, 3.8) is 0 Å². The maximum atomic E-state index is 14.9. The molecule has 0 spiro atoms. The molecule has 60 heavy (non-hydrogen) atoms. The molecule has 2 aliphatic carbocycles. The van der Waals surface area contributed by atoms with Crippen LogP contribution in [0.5, 0.6) is 5.75 Å². The van der Waals surface area contributed by atoms with E-state index in [1.807, 2.05) is 47.9 Å². The minimum atomic E-state index is -3.64. The van der Waals surface area contributed by atoms with Gasteiger partial charge in [0.1, 0.15) is 28.3 Å². The number of para-hydroxylation sites is 1. The number of hydrogen-bond acceptors (Lipinski definition) is 10. The standard InChI is InChI=1S/C45H54F2N4O7S2/c1-28(2)36-25-59-42(49-36)35-21-39(33-13-8-9-14-34(33)48-35)58-31-20-37-38(52)23-44(40(53)26-60(56,57)32-15-16-32)22-30(44)12-7-5-3-4-6-11-29(43(55)51(37)24-31)19-41(54)50-18-10-17-45(46,47)27-50/h7-9,12-14,21,25,28-32,37H,3-6,10-11,15-20,22-24,26-27H2,1-2H3/b12-7-/t29-,30-,31-,37+,44-/m1/s1. The van der Waals surface area contributed by atoms with E-state index in [1.165, 1.54) is 16.2 Å². The number of pyridine rings is 1. The number of likely N-dealkylation sites (tertiary alicyclic amines) is 1. The summed E-state index contributed by atoms with van der Waals surface area (Å²) >= 11 is 1.48. The predicted molar refractivity (Wildman–Crippen MR) is 225 cm³/mol. The van der Waals surface area contributed by atoms with Crippen LogP contribution in [0.25, 0.3) is 21.6 Å². The van der Waals surface area contributed by atoms with Gasteiger partial charge in [-0.2, -0.15) is 0 Å². The molecule has 5 aliphatic rings. The molecule has 5 atom stereocenters. The lowest BCUT2D eigenvalue weighted by Crippen LogP contribution is -2.48. The Kier molecular flexibility index (Phi) is 12.0. The Morgan fingerprint density at radius 2 is 1.85 bits per heavy atom. The summed E-state index contributed by atoms with van der Waals surface area (Å²) < 4.78 is 61.8. The number of piperidine rings is 1. The van der Waals surface area contributed by atoms with Crippen LogP contribution in [0.15, 0.2) is 47.9 Å². The van der Waals surface area contributed by atoms with Gasteiger partial charge >= 0.3 is 0 Å². The highest BCUT2D eigenvalue weighted by molar-refractivity contribution is 7.93. The van der Waals surface area contributed by atoms with Gasteiger partial charge < -0.3 is 14.5 Å². The van der Waals surface area contributed by atoms with Crippen LogP contribution in [0, 0.1) is 17.3 Å². The maximum absolute atomic E-state index is 14.9. The second-order valence-electron chi connectivity index (χ2n) is 18.0. The highest BCUT2D eigenvalue weighted by Gasteiger charge is 2.61. The minimum Gasteiger partial charge on any atom is -0.488 e. The third kappa shape index (κ3) is 9.22. The largest absolute Gasteiger partial charge is 0.488 e. The normalized spacial score (nSPS) is 28.1. The molecule has 4 fully saturated rings. The first-order valence-corrected chi connectivity index (χ1v) is 24.1. The molecular weight excluding hydrogens is 811 g/mol. The number of rotatable bonds is 10. The fraction of sp³-hybridized carbons (Fsp3) is 0.600. The highest BCUT2D eigenvalue weighted by atomic mass is 32.2. The number of nitrogens with zero attached hydrogens (tertiary/aromatic N) is 4. The molecule has 2 amide bonds. The molecule has 2 aromatic heterocycles. The van der Waals surface area contributed by atoms with E-state index < -0.39 is 74.4 Å². The molecule has 0 unspecified atom stereocenters. The first-order chi connectivity index (χ1) is 28.6. The first kappa shape index (κ1) is 42.6. The second-order valence-corrected chi connectivity index (χ2v) is 21.2. The zero-order valence-corrected chi connectivity index (χ0v) is 36.0. The van der Waals surface area contributed by atoms with Gasteiger partial charge in [-0.25, -0.2) is 27.2 Å². The molecule has 3 aliphatic heterocycles. The van der Waals surface area contributed by atoms with Crippen LogP contribution < -0.4 is 4.74 Å². The molecular formula is C45H54F2N4O7S2. The van der Waals surface area contributed by atoms with Gasteiger partial charge in [0.15, 0.2) is 21.4 Å². The van der Waals surface area contributed by atoms with Gasteiger partial charge in [-0.3, -0.25) is 19.2 Å². The molecule has 322 valence electrons. The number of ether oxygens (including phenoxy) is 1. The van der Waals surface area contributed by atoms with E-state index in [1.54, 1.807) is 0 Å². The molecule has 8 rings (SSSR count). The maximum Gasteiger partial charge on any atom is 0.265 e. The summed E-state index contributed by atoms with van der Waals surface area (Å²) in [5.74, 6) is -5.76. The van der Waals surface area contributed by atoms with Crippen molar-refractivity contribution in [3.05, 3.63) is 53.6 Å². The van der Waals surface area contributed by atoms with Crippen molar-refractivity contribution in [2.75, 3.05) is 25.4 Å². The number of fused-ring (bicyclic) bond motifs is 3. The zero-order valence-electron chi connectivity index (χ0n) is 34.3. The van der Waals surface area contributed by atoms with E-state index >= 15 is 0 Å². The summed E-state index contributed by atoms with van der Waals surface area (Å²) in [5.41, 5.74) is 1.07. The number of halogens is 2. The van der Waals surface area contributed by atoms with Crippen molar-refractivity contribution in [2.24, 2.45) is 17.3 Å². The lowest BCUT2D eigenvalue weighted by Gasteiger charge is -2.34. The predicted octanol–water partition coefficient (Wildman–Crippen LogP) is 7.73. The number of alkyl halides is 2. The SMILES string of the molecule is CC(C)c1csc(-c2cc(O[C@@H]3C[C@H]4C(=O)C[C@]5(C(=O)CS(=O)(=O)C6CC6)C[C@H]5/C=C\CCCCC[C@H](CC(=O)N5CCCC(F)(F)C5)C(=O)N4C3)c3ccccc3n2)n1. The van der Waals surface area contributed by atoms with Gasteiger partial charge in [0, 0.05) is 60.4 Å². The number of benzene rings is 1. The fourth-order valence-corrected chi connectivity index (χ4v) is 12.0. The Bertz CT molecular complexity index is 2290. The lowest BCUT2D eigenvalue weighted by molar-refractivity contribution is -0.148. The molecule has 2 saturated carbocycles. The van der Waals surface area contributed by atoms with Crippen molar-refractivity contribution < 1.29 is 41.1 Å². The van der Waals surface area contributed by atoms with Crippen LogP contribution in [0.1, 0.15) is 109 Å². The summed E-state index contributed by atoms with van der Waals surface area (Å²) in [4.78, 5) is 69.6. The Morgan fingerprint density at radius 3 is 2.60 bits per heavy atom. The van der Waals surface area contributed by atoms with Crippen LogP contribution in [0.4, 0.5) is 8.78 Å². The molecule has 0 N–H and O–H groups in total. The number of carbonyl (C=O) groups excluding carboxylic acids is 4. The molecule has 5 heterocycles. The zero-order chi connectivity index (χ0) is 42.4. The van der Waals surface area contributed by atoms with Gasteiger partial charge in [0.05, 0.1) is 35.6 Å². The summed E-state index contributed by atoms with van der Waals surface area (Å²) in [6.07, 6.45) is 7.41. The Hall–Kier alpha value is -4.11. The van der Waals surface area contributed by atoms with E-state index in [9.17, 15) is 36.4 Å². The average molecular weight is 865 g/mol. The number of aromatic nitrogens is 2. The highest BCUT2D eigenvalue weighted by Crippen LogP contribution is 2.58. The topological polar surface area (TPSA) is 144 Å². The summed E-state index contributed by atoms with van der Waals surface area (Å²) in [6.45, 7) is 3.67. The Balaban J connectivity index is 1.11. The molecule has 11 nitrogen and oxygen atoms in total. The molecule has 2 saturated heterocycles. The number of Topliss-reactive ketones (excluding diaryl/α,β-unsaturated/α-hetero) is 2. The summed E-state index contributed by atoms with van der Waals surface area (Å²) in [6, 6.07) is 8.35. The van der Waals surface area contributed by atoms with E-state index in [0.29, 0.717) is 55.5 Å². The molecule has 3 aromatic rings. The van der Waals surface area contributed by atoms with Crippen LogP contribution in [-0.2, 0) is 29.0 Å². The lowest BCUT2D eigenvalue weighted by atomic mass is 9.88. The number of thiazole rings is 1. The number of allylic oxidation sites excluding steroid dienone is 2. The van der Waals surface area contributed by atoms with Crippen molar-refractivity contribution in [1.82, 2.24) is 19.8 Å². The third-order valence-corrected chi connectivity index (χ3v) is 16.1. The van der Waals surface area contributed by atoms with Crippen molar-refractivity contribution in [1.29, 1.82) is 0 Å². The smallest absolute Gasteiger partial charge is 0.265 e. The van der Waals surface area contributed by atoms with Crippen LogP contribution >= 0.6 is 11.3 Å². The summed E-state index contributed by atoms with van der Waals surface area (Å²) in [5, 5.41) is 2.95. The quantitative estimate of drug-likeness (QED) is 0.187. The monoisotopic (exact) mass is 864 g/mol. The van der Waals surface area contributed by atoms with Crippen molar-refractivity contribution in [3.8, 4) is 16.5 Å². The average Bonchev–Trinajstić information content (AvgIpc) is 4.08. The molecule has 15 heteroatoms. The first-order valence-electron chi connectivity index (χ1n) is 21.5.